The minimum absolute atomic E-state index is 1.36. The number of benzene rings is 2. The second kappa shape index (κ2) is 6.24. The molecule has 0 radical (unpaired) electrons. The van der Waals surface area contributed by atoms with E-state index in [1.807, 2.05) is 0 Å². The zero-order chi connectivity index (χ0) is 15.0. The number of aryl methyl sites for hydroxylation is 6. The predicted molar refractivity (Wildman–Crippen MR) is 95.3 cm³/mol. The molecule has 0 aliphatic rings. The van der Waals surface area contributed by atoms with Crippen molar-refractivity contribution in [2.75, 3.05) is 0 Å². The van der Waals surface area contributed by atoms with Crippen LogP contribution in [-0.4, -0.2) is 18.0 Å². The topological polar surface area (TPSA) is 0 Å². The van der Waals surface area contributed by atoms with Crippen LogP contribution >= 0.6 is 12.6 Å². The molecule has 0 aliphatic heterocycles. The minimum atomic E-state index is -1.81. The standard InChI is InChI=1S/2C9H11.BrH.Sb/c2*1-7-4-8(2)6-9(3)5-7;;/h2*4-5H,1-3H3;1H;/q;;;+1/p-1. The number of rotatable bonds is 2. The summed E-state index contributed by atoms with van der Waals surface area (Å²) in [7, 11) is 0. The van der Waals surface area contributed by atoms with Gasteiger partial charge >= 0.3 is 137 Å². The summed E-state index contributed by atoms with van der Waals surface area (Å²) in [5.74, 6) is 0. The predicted octanol–water partition coefficient (Wildman–Crippen LogP) is 4.04. The molecular formula is C18H22BrSb. The molecule has 2 heteroatoms. The molecule has 0 saturated carbocycles. The first-order chi connectivity index (χ1) is 9.31. The van der Waals surface area contributed by atoms with Crippen molar-refractivity contribution in [2.45, 2.75) is 41.5 Å². The quantitative estimate of drug-likeness (QED) is 0.619. The Bertz CT molecular complexity index is 555. The molecule has 0 aromatic heterocycles. The van der Waals surface area contributed by atoms with Crippen LogP contribution in [0.4, 0.5) is 0 Å². The van der Waals surface area contributed by atoms with Crippen molar-refractivity contribution in [2.24, 2.45) is 0 Å². The molecule has 0 N–H and O–H groups in total. The van der Waals surface area contributed by atoms with Gasteiger partial charge in [0.15, 0.2) is 0 Å². The van der Waals surface area contributed by atoms with E-state index in [0.717, 1.165) is 0 Å². The second-order valence-corrected chi connectivity index (χ2v) is 14.7. The van der Waals surface area contributed by atoms with Crippen LogP contribution in [0.25, 0.3) is 0 Å². The molecule has 0 fully saturated rings. The SMILES string of the molecule is Cc1cc(C)[c]([Sb]([Br])[c]2c(C)cc(C)cc2C)c(C)c1. The van der Waals surface area contributed by atoms with Crippen LogP contribution in [0, 0.1) is 41.5 Å². The molecule has 0 saturated heterocycles. The average Bonchev–Trinajstić information content (AvgIpc) is 2.25. The third-order valence-corrected chi connectivity index (χ3v) is 14.7. The Hall–Kier alpha value is -0.262. The number of halogens is 1. The van der Waals surface area contributed by atoms with Crippen LogP contribution in [0.1, 0.15) is 33.4 Å². The van der Waals surface area contributed by atoms with E-state index in [9.17, 15) is 0 Å². The van der Waals surface area contributed by atoms with Crippen LogP contribution in [0.3, 0.4) is 0 Å². The van der Waals surface area contributed by atoms with E-state index >= 15 is 0 Å². The summed E-state index contributed by atoms with van der Waals surface area (Å²) in [5.41, 5.74) is 8.51. The van der Waals surface area contributed by atoms with Gasteiger partial charge in [-0.25, -0.2) is 0 Å². The van der Waals surface area contributed by atoms with E-state index in [1.54, 1.807) is 7.02 Å². The van der Waals surface area contributed by atoms with Crippen molar-refractivity contribution in [1.82, 2.24) is 0 Å². The van der Waals surface area contributed by atoms with Gasteiger partial charge in [-0.05, 0) is 0 Å². The Kier molecular flexibility index (Phi) is 5.03. The summed E-state index contributed by atoms with van der Waals surface area (Å²) < 4.78 is 3.18. The molecule has 0 bridgehead atoms. The molecule has 0 unspecified atom stereocenters. The second-order valence-electron chi connectivity index (χ2n) is 5.78. The van der Waals surface area contributed by atoms with Gasteiger partial charge in [-0.2, -0.15) is 0 Å². The van der Waals surface area contributed by atoms with Crippen LogP contribution in [-0.2, 0) is 0 Å². The van der Waals surface area contributed by atoms with E-state index in [1.165, 1.54) is 33.4 Å². The Morgan fingerprint density at radius 3 is 1.10 bits per heavy atom. The zero-order valence-electron chi connectivity index (χ0n) is 13.1. The fourth-order valence-corrected chi connectivity index (χ4v) is 15.5. The molecule has 20 heavy (non-hydrogen) atoms. The Balaban J connectivity index is 2.61. The van der Waals surface area contributed by atoms with Gasteiger partial charge in [0.05, 0.1) is 0 Å². The molecular weight excluding hydrogens is 418 g/mol. The summed E-state index contributed by atoms with van der Waals surface area (Å²) >= 11 is 2.32. The van der Waals surface area contributed by atoms with Gasteiger partial charge in [0.25, 0.3) is 0 Å². The summed E-state index contributed by atoms with van der Waals surface area (Å²) in [5, 5.41) is 0. The molecule has 2 aromatic rings. The van der Waals surface area contributed by atoms with Crippen molar-refractivity contribution in [3.05, 3.63) is 57.6 Å². The van der Waals surface area contributed by atoms with Gasteiger partial charge in [0.2, 0.25) is 0 Å². The Morgan fingerprint density at radius 2 is 0.850 bits per heavy atom. The van der Waals surface area contributed by atoms with Crippen LogP contribution in [0.15, 0.2) is 24.3 Å². The number of hydrogen-bond acceptors (Lipinski definition) is 0. The van der Waals surface area contributed by atoms with Crippen molar-refractivity contribution in [3.63, 3.8) is 0 Å². The van der Waals surface area contributed by atoms with Crippen LogP contribution in [0.2, 0.25) is 0 Å². The van der Waals surface area contributed by atoms with Gasteiger partial charge < -0.3 is 0 Å². The number of hydrogen-bond donors (Lipinski definition) is 0. The molecule has 0 nitrogen and oxygen atoms in total. The summed E-state index contributed by atoms with van der Waals surface area (Å²) in [6, 6.07) is 9.28. The summed E-state index contributed by atoms with van der Waals surface area (Å²) in [4.78, 5) is 0. The maximum atomic E-state index is 4.13. The summed E-state index contributed by atoms with van der Waals surface area (Å²) in [6.07, 6.45) is 0. The van der Waals surface area contributed by atoms with Crippen LogP contribution < -0.4 is 7.02 Å². The molecule has 0 heterocycles. The average molecular weight is 440 g/mol. The summed E-state index contributed by atoms with van der Waals surface area (Å²) in [6.45, 7) is 13.4. The fourth-order valence-electron chi connectivity index (χ4n) is 3.08. The van der Waals surface area contributed by atoms with Gasteiger partial charge in [-0.1, -0.05) is 0 Å². The fraction of sp³-hybridized carbons (Fsp3) is 0.333. The molecule has 106 valence electrons. The van der Waals surface area contributed by atoms with E-state index < -0.39 is 18.0 Å². The first-order valence-electron chi connectivity index (χ1n) is 6.93. The van der Waals surface area contributed by atoms with E-state index in [2.05, 4.69) is 78.4 Å². The molecule has 0 spiro atoms. The first-order valence-corrected chi connectivity index (χ1v) is 15.2. The van der Waals surface area contributed by atoms with E-state index in [4.69, 9.17) is 0 Å². The van der Waals surface area contributed by atoms with Crippen molar-refractivity contribution in [1.29, 1.82) is 0 Å². The molecule has 0 amide bonds. The molecule has 2 aromatic carbocycles. The van der Waals surface area contributed by atoms with Gasteiger partial charge in [0, 0.05) is 0 Å². The van der Waals surface area contributed by atoms with Crippen LogP contribution in [0.5, 0.6) is 0 Å². The molecule has 0 atom stereocenters. The third-order valence-electron chi connectivity index (χ3n) is 3.66. The molecule has 0 aliphatic carbocycles. The van der Waals surface area contributed by atoms with E-state index in [-0.39, 0.29) is 0 Å². The molecule has 2 rings (SSSR count). The van der Waals surface area contributed by atoms with Crippen molar-refractivity contribution < 1.29 is 0 Å². The first kappa shape index (κ1) is 16.1. The zero-order valence-corrected chi connectivity index (χ0v) is 17.3. The Morgan fingerprint density at radius 1 is 0.600 bits per heavy atom. The van der Waals surface area contributed by atoms with Gasteiger partial charge in [0.1, 0.15) is 0 Å². The van der Waals surface area contributed by atoms with Gasteiger partial charge in [-0.3, -0.25) is 0 Å². The van der Waals surface area contributed by atoms with Gasteiger partial charge in [-0.15, -0.1) is 0 Å². The third kappa shape index (κ3) is 3.15. The monoisotopic (exact) mass is 438 g/mol. The maximum absolute atomic E-state index is 4.13. The van der Waals surface area contributed by atoms with Crippen molar-refractivity contribution >= 4 is 37.6 Å². The Labute approximate surface area is 136 Å². The normalized spacial score (nSPS) is 11.2. The van der Waals surface area contributed by atoms with E-state index in [0.29, 0.717) is 0 Å². The van der Waals surface area contributed by atoms with Crippen molar-refractivity contribution in [3.8, 4) is 0 Å².